The van der Waals surface area contributed by atoms with Gasteiger partial charge in [0.1, 0.15) is 24.6 Å². The van der Waals surface area contributed by atoms with E-state index in [0.717, 1.165) is 29.9 Å². The first-order valence-electron chi connectivity index (χ1n) is 10.8. The number of piperidine rings is 1. The van der Waals surface area contributed by atoms with Crippen molar-refractivity contribution in [3.8, 4) is 11.5 Å². The summed E-state index contributed by atoms with van der Waals surface area (Å²) in [6, 6.07) is 4.80. The van der Waals surface area contributed by atoms with E-state index in [-0.39, 0.29) is 17.4 Å². The van der Waals surface area contributed by atoms with Gasteiger partial charge < -0.3 is 14.2 Å². The average molecular weight is 446 g/mol. The Labute approximate surface area is 182 Å². The van der Waals surface area contributed by atoms with E-state index in [0.29, 0.717) is 44.3 Å². The van der Waals surface area contributed by atoms with Crippen LogP contribution >= 0.6 is 0 Å². The van der Waals surface area contributed by atoms with E-state index in [1.807, 2.05) is 6.20 Å². The van der Waals surface area contributed by atoms with Gasteiger partial charge in [-0.05, 0) is 37.0 Å². The second-order valence-corrected chi connectivity index (χ2v) is 10.5. The van der Waals surface area contributed by atoms with Crippen molar-refractivity contribution in [2.45, 2.75) is 49.5 Å². The van der Waals surface area contributed by atoms with Gasteiger partial charge in [-0.3, -0.25) is 0 Å². The second-order valence-electron chi connectivity index (χ2n) is 8.60. The molecule has 0 N–H and O–H groups in total. The molecule has 0 unspecified atom stereocenters. The summed E-state index contributed by atoms with van der Waals surface area (Å²) in [5, 5.41) is 0. The molecule has 9 heteroatoms. The third-order valence-corrected chi connectivity index (χ3v) is 7.99. The quantitative estimate of drug-likeness (QED) is 0.717. The zero-order valence-electron chi connectivity index (χ0n) is 17.8. The largest absolute Gasteiger partial charge is 0.486 e. The normalized spacial score (nSPS) is 23.7. The van der Waals surface area contributed by atoms with Crippen LogP contribution in [0.5, 0.6) is 11.5 Å². The number of sulfonamides is 1. The molecule has 1 saturated heterocycles. The maximum atomic E-state index is 13.5. The highest BCUT2D eigenvalue weighted by Gasteiger charge is 2.46. The molecule has 31 heavy (non-hydrogen) atoms. The maximum Gasteiger partial charge on any atom is 0.243 e. The fourth-order valence-electron chi connectivity index (χ4n) is 4.53. The molecule has 0 bridgehead atoms. The van der Waals surface area contributed by atoms with Crippen LogP contribution in [0.25, 0.3) is 0 Å². The standard InChI is InChI=1S/C22H27N3O5S/c1-15(2)21-23-13-16-6-9-30-22(20(16)24-21)7-3-8-25(14-22)31(26,27)17-4-5-18-19(12-17)29-11-10-28-18/h4-5,12-13,15H,3,6-11,14H2,1-2H3/t22-/m1/s1. The van der Waals surface area contributed by atoms with Crippen LogP contribution in [0.1, 0.15) is 49.7 Å². The lowest BCUT2D eigenvalue weighted by Crippen LogP contribution is -2.52. The minimum atomic E-state index is -3.73. The minimum Gasteiger partial charge on any atom is -0.486 e. The van der Waals surface area contributed by atoms with Crippen molar-refractivity contribution in [2.75, 3.05) is 32.9 Å². The van der Waals surface area contributed by atoms with Gasteiger partial charge in [0.2, 0.25) is 10.0 Å². The van der Waals surface area contributed by atoms with Crippen LogP contribution in [0.2, 0.25) is 0 Å². The molecule has 2 aromatic rings. The number of ether oxygens (including phenoxy) is 3. The first kappa shape index (κ1) is 20.7. The Morgan fingerprint density at radius 3 is 2.74 bits per heavy atom. The van der Waals surface area contributed by atoms with Gasteiger partial charge in [-0.1, -0.05) is 13.8 Å². The maximum absolute atomic E-state index is 13.5. The van der Waals surface area contributed by atoms with Gasteiger partial charge in [-0.2, -0.15) is 4.31 Å². The lowest BCUT2D eigenvalue weighted by atomic mass is 9.85. The third-order valence-electron chi connectivity index (χ3n) is 6.15. The number of nitrogens with zero attached hydrogens (tertiary/aromatic N) is 3. The van der Waals surface area contributed by atoms with E-state index in [4.69, 9.17) is 19.2 Å². The molecule has 3 aliphatic rings. The minimum absolute atomic E-state index is 0.186. The van der Waals surface area contributed by atoms with Crippen LogP contribution in [-0.4, -0.2) is 55.6 Å². The Kier molecular flexibility index (Phi) is 5.15. The summed E-state index contributed by atoms with van der Waals surface area (Å²) in [5.41, 5.74) is 1.16. The van der Waals surface area contributed by atoms with Crippen molar-refractivity contribution < 1.29 is 22.6 Å². The molecule has 1 atom stereocenters. The summed E-state index contributed by atoms with van der Waals surface area (Å²) in [6.45, 7) is 6.20. The molecule has 5 rings (SSSR count). The first-order chi connectivity index (χ1) is 14.9. The number of aromatic nitrogens is 2. The van der Waals surface area contributed by atoms with Crippen molar-refractivity contribution in [2.24, 2.45) is 0 Å². The highest BCUT2D eigenvalue weighted by molar-refractivity contribution is 7.89. The molecule has 0 radical (unpaired) electrons. The SMILES string of the molecule is CC(C)c1ncc2c(n1)[C@]1(CCCN(S(=O)(=O)c3ccc4c(c3)OCCO4)C1)OCC2. The van der Waals surface area contributed by atoms with Crippen molar-refractivity contribution in [3.63, 3.8) is 0 Å². The number of hydrogen-bond donors (Lipinski definition) is 0. The average Bonchev–Trinajstić information content (AvgIpc) is 2.79. The summed E-state index contributed by atoms with van der Waals surface area (Å²) in [6.07, 6.45) is 4.06. The summed E-state index contributed by atoms with van der Waals surface area (Å²) in [5.74, 6) is 1.98. The molecule has 0 saturated carbocycles. The van der Waals surface area contributed by atoms with Crippen LogP contribution in [0.3, 0.4) is 0 Å². The zero-order valence-corrected chi connectivity index (χ0v) is 18.7. The fraction of sp³-hybridized carbons (Fsp3) is 0.545. The molecule has 8 nitrogen and oxygen atoms in total. The lowest BCUT2D eigenvalue weighted by Gasteiger charge is -2.44. The smallest absolute Gasteiger partial charge is 0.243 e. The summed E-state index contributed by atoms with van der Waals surface area (Å²) in [7, 11) is -3.73. The highest BCUT2D eigenvalue weighted by atomic mass is 32.2. The molecular weight excluding hydrogens is 418 g/mol. The van der Waals surface area contributed by atoms with Gasteiger partial charge in [-0.25, -0.2) is 18.4 Å². The van der Waals surface area contributed by atoms with Gasteiger partial charge in [0.25, 0.3) is 0 Å². The Morgan fingerprint density at radius 1 is 1.13 bits per heavy atom. The van der Waals surface area contributed by atoms with Gasteiger partial charge in [0, 0.05) is 31.3 Å². The van der Waals surface area contributed by atoms with Crippen molar-refractivity contribution in [3.05, 3.63) is 41.5 Å². The molecular formula is C22H27N3O5S. The van der Waals surface area contributed by atoms with E-state index in [1.165, 1.54) is 4.31 Å². The third kappa shape index (κ3) is 3.58. The monoisotopic (exact) mass is 445 g/mol. The predicted molar refractivity (Wildman–Crippen MR) is 113 cm³/mol. The van der Waals surface area contributed by atoms with Crippen LogP contribution < -0.4 is 9.47 Å². The molecule has 0 aliphatic carbocycles. The van der Waals surface area contributed by atoms with E-state index in [9.17, 15) is 8.42 Å². The lowest BCUT2D eigenvalue weighted by molar-refractivity contribution is -0.0936. The summed E-state index contributed by atoms with van der Waals surface area (Å²) < 4.78 is 46.0. The fourth-order valence-corrected chi connectivity index (χ4v) is 6.08. The Hall–Kier alpha value is -2.23. The highest BCUT2D eigenvalue weighted by Crippen LogP contribution is 2.41. The van der Waals surface area contributed by atoms with E-state index in [1.54, 1.807) is 18.2 Å². The molecule has 4 heterocycles. The molecule has 166 valence electrons. The van der Waals surface area contributed by atoms with Crippen LogP contribution in [0, 0.1) is 0 Å². The van der Waals surface area contributed by atoms with Gasteiger partial charge >= 0.3 is 0 Å². The first-order valence-corrected chi connectivity index (χ1v) is 12.2. The predicted octanol–water partition coefficient (Wildman–Crippen LogP) is 2.62. The van der Waals surface area contributed by atoms with Crippen molar-refractivity contribution in [1.29, 1.82) is 0 Å². The Bertz CT molecular complexity index is 1100. The number of fused-ring (bicyclic) bond motifs is 3. The Balaban J connectivity index is 1.49. The molecule has 1 aromatic heterocycles. The zero-order chi connectivity index (χ0) is 21.6. The van der Waals surface area contributed by atoms with Gasteiger partial charge in [0.15, 0.2) is 11.5 Å². The van der Waals surface area contributed by atoms with Crippen LogP contribution in [0.4, 0.5) is 0 Å². The van der Waals surface area contributed by atoms with Crippen LogP contribution in [-0.2, 0) is 26.8 Å². The second kappa shape index (κ2) is 7.72. The van der Waals surface area contributed by atoms with Crippen LogP contribution in [0.15, 0.2) is 29.3 Å². The molecule has 1 fully saturated rings. The topological polar surface area (TPSA) is 90.9 Å². The molecule has 1 spiro atoms. The van der Waals surface area contributed by atoms with E-state index in [2.05, 4.69) is 18.8 Å². The van der Waals surface area contributed by atoms with Crippen molar-refractivity contribution in [1.82, 2.24) is 14.3 Å². The van der Waals surface area contributed by atoms with Gasteiger partial charge in [0.05, 0.1) is 17.2 Å². The number of benzene rings is 1. The number of rotatable bonds is 3. The number of hydrogen-bond acceptors (Lipinski definition) is 7. The molecule has 3 aliphatic heterocycles. The van der Waals surface area contributed by atoms with E-state index < -0.39 is 15.6 Å². The van der Waals surface area contributed by atoms with E-state index >= 15 is 0 Å². The molecule has 1 aromatic carbocycles. The van der Waals surface area contributed by atoms with Crippen molar-refractivity contribution >= 4 is 10.0 Å². The Morgan fingerprint density at radius 2 is 1.94 bits per heavy atom. The summed E-state index contributed by atoms with van der Waals surface area (Å²) in [4.78, 5) is 9.55. The summed E-state index contributed by atoms with van der Waals surface area (Å²) >= 11 is 0. The molecule has 0 amide bonds. The van der Waals surface area contributed by atoms with Gasteiger partial charge in [-0.15, -0.1) is 0 Å².